The molecule has 4 nitrogen and oxygen atoms in total. The van der Waals surface area contributed by atoms with Crippen LogP contribution in [-0.2, 0) is 16.0 Å². The van der Waals surface area contributed by atoms with Gasteiger partial charge in [0.05, 0.1) is 7.11 Å². The molecule has 0 aromatic heterocycles. The van der Waals surface area contributed by atoms with Crippen molar-refractivity contribution in [3.05, 3.63) is 83.9 Å². The number of rotatable bonds is 5. The molecule has 3 aromatic rings. The average Bonchev–Trinajstić information content (AvgIpc) is 2.67. The molecular weight excluding hydrogens is 314 g/mol. The highest BCUT2D eigenvalue weighted by Crippen LogP contribution is 2.18. The molecule has 126 valence electrons. The maximum absolute atomic E-state index is 12.8. The van der Waals surface area contributed by atoms with E-state index in [1.54, 1.807) is 6.07 Å². The monoisotopic (exact) mass is 333 g/mol. The van der Waals surface area contributed by atoms with Crippen molar-refractivity contribution in [1.82, 2.24) is 5.32 Å². The van der Waals surface area contributed by atoms with E-state index in [1.165, 1.54) is 7.11 Å². The fraction of sp³-hybridized carbons (Fsp3) is 0.143. The molecule has 0 radical (unpaired) electrons. The Morgan fingerprint density at radius 2 is 1.60 bits per heavy atom. The zero-order chi connectivity index (χ0) is 17.6. The van der Waals surface area contributed by atoms with Crippen LogP contribution in [0.2, 0.25) is 0 Å². The molecule has 0 spiro atoms. The van der Waals surface area contributed by atoms with E-state index in [0.29, 0.717) is 12.0 Å². The summed E-state index contributed by atoms with van der Waals surface area (Å²) >= 11 is 0. The fourth-order valence-electron chi connectivity index (χ4n) is 2.84. The zero-order valence-corrected chi connectivity index (χ0v) is 13.9. The van der Waals surface area contributed by atoms with Crippen LogP contribution in [0.5, 0.6) is 0 Å². The van der Waals surface area contributed by atoms with E-state index < -0.39 is 12.0 Å². The lowest BCUT2D eigenvalue weighted by atomic mass is 10.0. The minimum atomic E-state index is -0.737. The van der Waals surface area contributed by atoms with Crippen LogP contribution < -0.4 is 5.32 Å². The van der Waals surface area contributed by atoms with E-state index in [4.69, 9.17) is 4.74 Å². The number of esters is 1. The first-order valence-electron chi connectivity index (χ1n) is 8.09. The number of methoxy groups -OCH3 is 1. The molecular formula is C21H19NO3. The van der Waals surface area contributed by atoms with E-state index in [0.717, 1.165) is 16.3 Å². The van der Waals surface area contributed by atoms with Crippen LogP contribution >= 0.6 is 0 Å². The molecule has 0 saturated heterocycles. The third-order valence-electron chi connectivity index (χ3n) is 4.11. The first-order valence-corrected chi connectivity index (χ1v) is 8.09. The lowest BCUT2D eigenvalue weighted by Crippen LogP contribution is -2.43. The highest BCUT2D eigenvalue weighted by atomic mass is 16.5. The van der Waals surface area contributed by atoms with Gasteiger partial charge in [0.2, 0.25) is 0 Å². The summed E-state index contributed by atoms with van der Waals surface area (Å²) in [6, 6.07) is 22.0. The molecule has 0 saturated carbocycles. The summed E-state index contributed by atoms with van der Waals surface area (Å²) in [5.41, 5.74) is 1.50. The number of hydrogen-bond acceptors (Lipinski definition) is 3. The van der Waals surface area contributed by atoms with Crippen molar-refractivity contribution in [2.24, 2.45) is 0 Å². The molecule has 0 bridgehead atoms. The van der Waals surface area contributed by atoms with Crippen molar-refractivity contribution in [3.8, 4) is 0 Å². The summed E-state index contributed by atoms with van der Waals surface area (Å²) in [5.74, 6) is -0.749. The number of carbonyl (C=O) groups excluding carboxylic acids is 2. The Morgan fingerprint density at radius 3 is 2.36 bits per heavy atom. The van der Waals surface area contributed by atoms with Crippen LogP contribution in [0.1, 0.15) is 15.9 Å². The van der Waals surface area contributed by atoms with Crippen molar-refractivity contribution in [2.75, 3.05) is 7.11 Å². The molecule has 0 heterocycles. The molecule has 4 heteroatoms. The number of ether oxygens (including phenoxy) is 1. The Labute approximate surface area is 146 Å². The summed E-state index contributed by atoms with van der Waals surface area (Å²) < 4.78 is 4.86. The number of carbonyl (C=O) groups is 2. The van der Waals surface area contributed by atoms with Gasteiger partial charge in [-0.2, -0.15) is 0 Å². The SMILES string of the molecule is COC(=O)[C@H](Cc1ccccc1)NC(=O)c1cccc2ccccc12. The maximum atomic E-state index is 12.8. The van der Waals surface area contributed by atoms with Gasteiger partial charge in [-0.1, -0.05) is 66.7 Å². The van der Waals surface area contributed by atoms with E-state index in [2.05, 4.69) is 5.32 Å². The highest BCUT2D eigenvalue weighted by Gasteiger charge is 2.23. The summed E-state index contributed by atoms with van der Waals surface area (Å²) in [5, 5.41) is 4.64. The molecule has 3 rings (SSSR count). The number of amides is 1. The van der Waals surface area contributed by atoms with E-state index in [1.807, 2.05) is 66.7 Å². The van der Waals surface area contributed by atoms with Crippen molar-refractivity contribution >= 4 is 22.6 Å². The summed E-state index contributed by atoms with van der Waals surface area (Å²) in [7, 11) is 1.32. The van der Waals surface area contributed by atoms with Crippen molar-refractivity contribution < 1.29 is 14.3 Å². The predicted molar refractivity (Wildman–Crippen MR) is 97.4 cm³/mol. The first-order chi connectivity index (χ1) is 12.2. The minimum absolute atomic E-state index is 0.289. The molecule has 0 fully saturated rings. The molecule has 0 aliphatic carbocycles. The van der Waals surface area contributed by atoms with Gasteiger partial charge in [0.1, 0.15) is 6.04 Å². The number of hydrogen-bond donors (Lipinski definition) is 1. The second-order valence-corrected chi connectivity index (χ2v) is 5.77. The van der Waals surface area contributed by atoms with Crippen molar-refractivity contribution in [3.63, 3.8) is 0 Å². The van der Waals surface area contributed by atoms with E-state index >= 15 is 0 Å². The maximum Gasteiger partial charge on any atom is 0.328 e. The molecule has 0 aliphatic rings. The van der Waals surface area contributed by atoms with Crippen LogP contribution in [0.25, 0.3) is 10.8 Å². The number of benzene rings is 3. The van der Waals surface area contributed by atoms with Crippen molar-refractivity contribution in [1.29, 1.82) is 0 Å². The van der Waals surface area contributed by atoms with Gasteiger partial charge < -0.3 is 10.1 Å². The van der Waals surface area contributed by atoms with Crippen molar-refractivity contribution in [2.45, 2.75) is 12.5 Å². The topological polar surface area (TPSA) is 55.4 Å². The first kappa shape index (κ1) is 16.7. The largest absolute Gasteiger partial charge is 0.467 e. The van der Waals surface area contributed by atoms with Crippen LogP contribution in [-0.4, -0.2) is 25.0 Å². The third-order valence-corrected chi connectivity index (χ3v) is 4.11. The average molecular weight is 333 g/mol. The number of fused-ring (bicyclic) bond motifs is 1. The molecule has 25 heavy (non-hydrogen) atoms. The Hall–Kier alpha value is -3.14. The normalized spacial score (nSPS) is 11.7. The standard InChI is InChI=1S/C21H19NO3/c1-25-21(24)19(14-15-8-3-2-4-9-15)22-20(23)18-13-7-11-16-10-5-6-12-17(16)18/h2-13,19H,14H2,1H3,(H,22,23)/t19-/m0/s1. The van der Waals surface area contributed by atoms with Gasteiger partial charge in [-0.25, -0.2) is 4.79 Å². The van der Waals surface area contributed by atoms with Crippen LogP contribution in [0, 0.1) is 0 Å². The second-order valence-electron chi connectivity index (χ2n) is 5.77. The van der Waals surface area contributed by atoms with Gasteiger partial charge >= 0.3 is 5.97 Å². The Balaban J connectivity index is 1.85. The predicted octanol–water partition coefficient (Wildman–Crippen LogP) is 3.35. The number of nitrogens with one attached hydrogen (secondary N) is 1. The summed E-state index contributed by atoms with van der Waals surface area (Å²) in [6.45, 7) is 0. The molecule has 0 unspecified atom stereocenters. The van der Waals surface area contributed by atoms with Gasteiger partial charge in [-0.15, -0.1) is 0 Å². The van der Waals surface area contributed by atoms with Gasteiger partial charge in [0.15, 0.2) is 0 Å². The highest BCUT2D eigenvalue weighted by molar-refractivity contribution is 6.08. The van der Waals surface area contributed by atoms with Gasteiger partial charge in [0, 0.05) is 12.0 Å². The van der Waals surface area contributed by atoms with Gasteiger partial charge in [-0.05, 0) is 22.4 Å². The molecule has 1 amide bonds. The fourth-order valence-corrected chi connectivity index (χ4v) is 2.84. The van der Waals surface area contributed by atoms with Crippen LogP contribution in [0.15, 0.2) is 72.8 Å². The Kier molecular flexibility index (Phi) is 5.09. The van der Waals surface area contributed by atoms with Gasteiger partial charge in [-0.3, -0.25) is 4.79 Å². The summed E-state index contributed by atoms with van der Waals surface area (Å²) in [4.78, 5) is 24.9. The minimum Gasteiger partial charge on any atom is -0.467 e. The van der Waals surface area contributed by atoms with E-state index in [9.17, 15) is 9.59 Å². The smallest absolute Gasteiger partial charge is 0.328 e. The molecule has 3 aromatic carbocycles. The van der Waals surface area contributed by atoms with Gasteiger partial charge in [0.25, 0.3) is 5.91 Å². The van der Waals surface area contributed by atoms with Crippen LogP contribution in [0.3, 0.4) is 0 Å². The summed E-state index contributed by atoms with van der Waals surface area (Å²) in [6.07, 6.45) is 0.379. The Morgan fingerprint density at radius 1 is 0.920 bits per heavy atom. The third kappa shape index (κ3) is 3.86. The van der Waals surface area contributed by atoms with E-state index in [-0.39, 0.29) is 5.91 Å². The lowest BCUT2D eigenvalue weighted by Gasteiger charge is -2.17. The molecule has 0 aliphatic heterocycles. The second kappa shape index (κ2) is 7.62. The van der Waals surface area contributed by atoms with Crippen LogP contribution in [0.4, 0.5) is 0 Å². The Bertz CT molecular complexity index is 885. The zero-order valence-electron chi connectivity index (χ0n) is 13.9. The molecule has 1 atom stereocenters. The quantitative estimate of drug-likeness (QED) is 0.729. The molecule has 1 N–H and O–H groups in total. The lowest BCUT2D eigenvalue weighted by molar-refractivity contribution is -0.142.